The molecule has 0 saturated heterocycles. The van der Waals surface area contributed by atoms with Crippen molar-refractivity contribution in [3.63, 3.8) is 0 Å². The molecule has 0 heterocycles. The van der Waals surface area contributed by atoms with Crippen molar-refractivity contribution in [2.45, 2.75) is 32.6 Å². The standard InChI is InChI=1S/C13H18O2/c1-2-3-4-5-6-8-11-9-7-10-12(14)13(11)15/h6-10,14-15H,2-5H2,1H3. The molecule has 15 heavy (non-hydrogen) atoms. The molecule has 0 fully saturated rings. The van der Waals surface area contributed by atoms with Crippen molar-refractivity contribution in [1.29, 1.82) is 0 Å². The predicted octanol–water partition coefficient (Wildman–Crippen LogP) is 3.69. The predicted molar refractivity (Wildman–Crippen MR) is 62.9 cm³/mol. The molecule has 0 aliphatic carbocycles. The fourth-order valence-electron chi connectivity index (χ4n) is 1.41. The van der Waals surface area contributed by atoms with Gasteiger partial charge in [0.15, 0.2) is 11.5 Å². The third-order valence-electron chi connectivity index (χ3n) is 2.32. The molecule has 0 amide bonds. The first kappa shape index (κ1) is 11.6. The number of hydrogen-bond donors (Lipinski definition) is 2. The SMILES string of the molecule is CCCCCC=Cc1cccc(O)c1O. The van der Waals surface area contributed by atoms with Crippen LogP contribution in [0, 0.1) is 0 Å². The lowest BCUT2D eigenvalue weighted by Gasteiger charge is -2.00. The average molecular weight is 206 g/mol. The van der Waals surface area contributed by atoms with Crippen LogP contribution in [-0.2, 0) is 0 Å². The van der Waals surface area contributed by atoms with Crippen molar-refractivity contribution in [3.05, 3.63) is 29.8 Å². The van der Waals surface area contributed by atoms with Crippen LogP contribution < -0.4 is 0 Å². The number of allylic oxidation sites excluding steroid dienone is 1. The molecule has 0 aliphatic rings. The number of benzene rings is 1. The summed E-state index contributed by atoms with van der Waals surface area (Å²) < 4.78 is 0. The number of unbranched alkanes of at least 4 members (excludes halogenated alkanes) is 3. The van der Waals surface area contributed by atoms with Crippen molar-refractivity contribution in [1.82, 2.24) is 0 Å². The number of rotatable bonds is 5. The fourth-order valence-corrected chi connectivity index (χ4v) is 1.41. The summed E-state index contributed by atoms with van der Waals surface area (Å²) in [4.78, 5) is 0. The van der Waals surface area contributed by atoms with Crippen LogP contribution in [0.4, 0.5) is 0 Å². The zero-order valence-corrected chi connectivity index (χ0v) is 9.11. The van der Waals surface area contributed by atoms with Gasteiger partial charge in [-0.15, -0.1) is 0 Å². The highest BCUT2D eigenvalue weighted by Gasteiger charge is 2.01. The summed E-state index contributed by atoms with van der Waals surface area (Å²) in [6.07, 6.45) is 8.52. The average Bonchev–Trinajstić information content (AvgIpc) is 2.24. The van der Waals surface area contributed by atoms with Crippen molar-refractivity contribution < 1.29 is 10.2 Å². The molecule has 0 aromatic heterocycles. The van der Waals surface area contributed by atoms with Crippen molar-refractivity contribution in [3.8, 4) is 11.5 Å². The number of aromatic hydroxyl groups is 2. The first-order chi connectivity index (χ1) is 7.25. The van der Waals surface area contributed by atoms with E-state index in [1.54, 1.807) is 12.1 Å². The van der Waals surface area contributed by atoms with Crippen LogP contribution in [-0.4, -0.2) is 10.2 Å². The minimum Gasteiger partial charge on any atom is -0.504 e. The van der Waals surface area contributed by atoms with E-state index in [-0.39, 0.29) is 11.5 Å². The summed E-state index contributed by atoms with van der Waals surface area (Å²) in [6, 6.07) is 4.98. The summed E-state index contributed by atoms with van der Waals surface area (Å²) in [5.74, 6) is -0.102. The van der Waals surface area contributed by atoms with E-state index in [0.717, 1.165) is 6.42 Å². The van der Waals surface area contributed by atoms with E-state index in [9.17, 15) is 10.2 Å². The van der Waals surface area contributed by atoms with Gasteiger partial charge in [-0.05, 0) is 18.9 Å². The number of para-hydroxylation sites is 1. The van der Waals surface area contributed by atoms with Gasteiger partial charge in [0.1, 0.15) is 0 Å². The Balaban J connectivity index is 2.53. The van der Waals surface area contributed by atoms with Crippen LogP contribution in [0.2, 0.25) is 0 Å². The maximum atomic E-state index is 9.50. The Kier molecular flexibility index (Phi) is 4.75. The summed E-state index contributed by atoms with van der Waals surface area (Å²) in [5.41, 5.74) is 0.673. The van der Waals surface area contributed by atoms with Gasteiger partial charge in [-0.3, -0.25) is 0 Å². The summed E-state index contributed by atoms with van der Waals surface area (Å²) in [6.45, 7) is 2.17. The highest BCUT2D eigenvalue weighted by atomic mass is 16.3. The molecule has 0 unspecified atom stereocenters. The number of phenolic OH excluding ortho intramolecular Hbond substituents is 2. The molecule has 0 spiro atoms. The van der Waals surface area contributed by atoms with Gasteiger partial charge in [0.25, 0.3) is 0 Å². The van der Waals surface area contributed by atoms with E-state index < -0.39 is 0 Å². The van der Waals surface area contributed by atoms with E-state index in [0.29, 0.717) is 5.56 Å². The Morgan fingerprint density at radius 2 is 2.00 bits per heavy atom. The van der Waals surface area contributed by atoms with Gasteiger partial charge in [0.05, 0.1) is 0 Å². The molecule has 2 heteroatoms. The second-order valence-corrected chi connectivity index (χ2v) is 3.61. The second-order valence-electron chi connectivity index (χ2n) is 3.61. The maximum absolute atomic E-state index is 9.50. The Labute approximate surface area is 90.9 Å². The normalized spacial score (nSPS) is 11.0. The van der Waals surface area contributed by atoms with Crippen LogP contribution in [0.3, 0.4) is 0 Å². The molecule has 0 radical (unpaired) electrons. The molecule has 82 valence electrons. The molecular formula is C13H18O2. The van der Waals surface area contributed by atoms with Crippen LogP contribution in [0.1, 0.15) is 38.2 Å². The molecule has 2 N–H and O–H groups in total. The van der Waals surface area contributed by atoms with Crippen LogP contribution >= 0.6 is 0 Å². The van der Waals surface area contributed by atoms with Gasteiger partial charge in [0.2, 0.25) is 0 Å². The third kappa shape index (κ3) is 3.66. The van der Waals surface area contributed by atoms with Crippen LogP contribution in [0.5, 0.6) is 11.5 Å². The molecule has 1 aromatic rings. The van der Waals surface area contributed by atoms with E-state index in [2.05, 4.69) is 6.92 Å². The second kappa shape index (κ2) is 6.12. The van der Waals surface area contributed by atoms with E-state index >= 15 is 0 Å². The lowest BCUT2D eigenvalue weighted by atomic mass is 10.1. The molecule has 0 atom stereocenters. The Hall–Kier alpha value is -1.44. The quantitative estimate of drug-likeness (QED) is 0.569. The smallest absolute Gasteiger partial charge is 0.164 e. The number of hydrogen-bond acceptors (Lipinski definition) is 2. The maximum Gasteiger partial charge on any atom is 0.164 e. The Bertz CT molecular complexity index is 329. The zero-order valence-electron chi connectivity index (χ0n) is 9.11. The molecule has 0 bridgehead atoms. The summed E-state index contributed by atoms with van der Waals surface area (Å²) >= 11 is 0. The largest absolute Gasteiger partial charge is 0.504 e. The van der Waals surface area contributed by atoms with Gasteiger partial charge in [-0.2, -0.15) is 0 Å². The minimum atomic E-state index is -0.0642. The molecule has 0 aliphatic heterocycles. The van der Waals surface area contributed by atoms with E-state index in [4.69, 9.17) is 0 Å². The van der Waals surface area contributed by atoms with Gasteiger partial charge in [0, 0.05) is 5.56 Å². The lowest BCUT2D eigenvalue weighted by Crippen LogP contribution is -1.76. The van der Waals surface area contributed by atoms with Gasteiger partial charge in [-0.1, -0.05) is 44.1 Å². The fraction of sp³-hybridized carbons (Fsp3) is 0.385. The Morgan fingerprint density at radius 1 is 1.20 bits per heavy atom. The first-order valence-electron chi connectivity index (χ1n) is 5.43. The first-order valence-corrected chi connectivity index (χ1v) is 5.43. The molecule has 0 saturated carbocycles. The van der Waals surface area contributed by atoms with Crippen LogP contribution in [0.15, 0.2) is 24.3 Å². The topological polar surface area (TPSA) is 40.5 Å². The third-order valence-corrected chi connectivity index (χ3v) is 2.32. The summed E-state index contributed by atoms with van der Waals surface area (Å²) in [7, 11) is 0. The minimum absolute atomic E-state index is 0.0377. The lowest BCUT2D eigenvalue weighted by molar-refractivity contribution is 0.403. The zero-order chi connectivity index (χ0) is 11.1. The van der Waals surface area contributed by atoms with Crippen LogP contribution in [0.25, 0.3) is 6.08 Å². The van der Waals surface area contributed by atoms with Gasteiger partial charge >= 0.3 is 0 Å². The molecular weight excluding hydrogens is 188 g/mol. The Morgan fingerprint density at radius 3 is 2.73 bits per heavy atom. The van der Waals surface area contributed by atoms with Crippen molar-refractivity contribution in [2.24, 2.45) is 0 Å². The number of phenols is 2. The van der Waals surface area contributed by atoms with Gasteiger partial charge in [-0.25, -0.2) is 0 Å². The molecule has 1 aromatic carbocycles. The molecule has 1 rings (SSSR count). The monoisotopic (exact) mass is 206 g/mol. The van der Waals surface area contributed by atoms with Crippen molar-refractivity contribution >= 4 is 6.08 Å². The summed E-state index contributed by atoms with van der Waals surface area (Å²) in [5, 5.41) is 18.8. The van der Waals surface area contributed by atoms with E-state index in [1.807, 2.05) is 12.2 Å². The molecule has 2 nitrogen and oxygen atoms in total. The highest BCUT2D eigenvalue weighted by molar-refractivity contribution is 5.61. The highest BCUT2D eigenvalue weighted by Crippen LogP contribution is 2.29. The van der Waals surface area contributed by atoms with Gasteiger partial charge < -0.3 is 10.2 Å². The van der Waals surface area contributed by atoms with Crippen molar-refractivity contribution in [2.75, 3.05) is 0 Å². The van der Waals surface area contributed by atoms with E-state index in [1.165, 1.54) is 25.3 Å².